The molecule has 0 fully saturated rings. The fourth-order valence-electron chi connectivity index (χ4n) is 2.18. The van der Waals surface area contributed by atoms with Crippen LogP contribution in [0.2, 0.25) is 0 Å². The van der Waals surface area contributed by atoms with Gasteiger partial charge in [0.15, 0.2) is 0 Å². The molecular weight excluding hydrogens is 252 g/mol. The quantitative estimate of drug-likeness (QED) is 0.824. The molecule has 6 heteroatoms. The number of hydrogen-bond acceptors (Lipinski definition) is 3. The molecule has 18 heavy (non-hydrogen) atoms. The number of amides is 1. The highest BCUT2D eigenvalue weighted by molar-refractivity contribution is 7.93. The van der Waals surface area contributed by atoms with E-state index in [2.05, 4.69) is 10.0 Å². The molecule has 1 heterocycles. The van der Waals surface area contributed by atoms with Gasteiger partial charge in [-0.15, -0.1) is 0 Å². The Balaban J connectivity index is 2.38. The van der Waals surface area contributed by atoms with E-state index in [1.807, 2.05) is 0 Å². The van der Waals surface area contributed by atoms with E-state index in [0.29, 0.717) is 22.1 Å². The molecule has 1 aliphatic heterocycles. The normalized spacial score (nSPS) is 15.4. The molecular formula is C12H10N2O3S. The topological polar surface area (TPSA) is 75.3 Å². The Morgan fingerprint density at radius 3 is 2.72 bits per heavy atom. The van der Waals surface area contributed by atoms with Crippen molar-refractivity contribution >= 4 is 38.1 Å². The van der Waals surface area contributed by atoms with Crippen LogP contribution in [0, 0.1) is 0 Å². The molecule has 0 saturated carbocycles. The minimum Gasteiger partial charge on any atom is -0.326 e. The SMILES string of the molecule is CC(=O)Nc1ccc2c3c(cccc13)S(=O)(=O)N2. The Morgan fingerprint density at radius 1 is 1.22 bits per heavy atom. The molecule has 1 amide bonds. The van der Waals surface area contributed by atoms with E-state index < -0.39 is 10.0 Å². The van der Waals surface area contributed by atoms with Crippen molar-refractivity contribution in [2.75, 3.05) is 10.0 Å². The predicted octanol–water partition coefficient (Wildman–Crippen LogP) is 1.91. The highest BCUT2D eigenvalue weighted by Gasteiger charge is 2.27. The first-order chi connectivity index (χ1) is 8.49. The summed E-state index contributed by atoms with van der Waals surface area (Å²) < 4.78 is 26.2. The summed E-state index contributed by atoms with van der Waals surface area (Å²) in [6.45, 7) is 1.41. The smallest absolute Gasteiger partial charge is 0.262 e. The summed E-state index contributed by atoms with van der Waals surface area (Å²) in [5, 5.41) is 4.04. The highest BCUT2D eigenvalue weighted by atomic mass is 32.2. The van der Waals surface area contributed by atoms with E-state index in [9.17, 15) is 13.2 Å². The number of rotatable bonds is 1. The van der Waals surface area contributed by atoms with Gasteiger partial charge in [-0.05, 0) is 18.2 Å². The van der Waals surface area contributed by atoms with Gasteiger partial charge in [-0.3, -0.25) is 9.52 Å². The second-order valence-corrected chi connectivity index (χ2v) is 5.78. The minimum atomic E-state index is -3.47. The molecule has 0 atom stereocenters. The maximum absolute atomic E-state index is 11.9. The van der Waals surface area contributed by atoms with Crippen molar-refractivity contribution in [3.8, 4) is 0 Å². The maximum Gasteiger partial charge on any atom is 0.262 e. The third-order valence-electron chi connectivity index (χ3n) is 2.85. The average molecular weight is 262 g/mol. The van der Waals surface area contributed by atoms with E-state index >= 15 is 0 Å². The Bertz CT molecular complexity index is 781. The molecule has 2 aromatic rings. The van der Waals surface area contributed by atoms with Gasteiger partial charge in [0.1, 0.15) is 0 Å². The van der Waals surface area contributed by atoms with Gasteiger partial charge < -0.3 is 5.32 Å². The summed E-state index contributed by atoms with van der Waals surface area (Å²) in [7, 11) is -3.47. The van der Waals surface area contributed by atoms with Crippen LogP contribution in [-0.4, -0.2) is 14.3 Å². The zero-order valence-electron chi connectivity index (χ0n) is 9.52. The van der Waals surface area contributed by atoms with Crippen molar-refractivity contribution in [3.63, 3.8) is 0 Å². The summed E-state index contributed by atoms with van der Waals surface area (Å²) >= 11 is 0. The molecule has 5 nitrogen and oxygen atoms in total. The van der Waals surface area contributed by atoms with Crippen molar-refractivity contribution in [2.24, 2.45) is 0 Å². The van der Waals surface area contributed by atoms with Gasteiger partial charge in [0.05, 0.1) is 10.6 Å². The van der Waals surface area contributed by atoms with Crippen LogP contribution >= 0.6 is 0 Å². The monoisotopic (exact) mass is 262 g/mol. The van der Waals surface area contributed by atoms with Gasteiger partial charge in [0.2, 0.25) is 5.91 Å². The van der Waals surface area contributed by atoms with E-state index in [0.717, 1.165) is 0 Å². The molecule has 2 N–H and O–H groups in total. The molecule has 0 aliphatic carbocycles. The van der Waals surface area contributed by atoms with Crippen LogP contribution in [-0.2, 0) is 14.8 Å². The van der Waals surface area contributed by atoms with E-state index in [1.54, 1.807) is 30.3 Å². The number of carbonyl (C=O) groups is 1. The lowest BCUT2D eigenvalue weighted by Crippen LogP contribution is -2.06. The van der Waals surface area contributed by atoms with Gasteiger partial charge in [-0.1, -0.05) is 12.1 Å². The van der Waals surface area contributed by atoms with Crippen molar-refractivity contribution in [1.82, 2.24) is 0 Å². The largest absolute Gasteiger partial charge is 0.326 e. The third-order valence-corrected chi connectivity index (χ3v) is 4.25. The molecule has 0 radical (unpaired) electrons. The number of anilines is 2. The van der Waals surface area contributed by atoms with Crippen molar-refractivity contribution < 1.29 is 13.2 Å². The first kappa shape index (κ1) is 11.0. The molecule has 0 spiro atoms. The van der Waals surface area contributed by atoms with E-state index in [1.165, 1.54) is 6.92 Å². The van der Waals surface area contributed by atoms with Crippen LogP contribution in [0.25, 0.3) is 10.8 Å². The molecule has 1 aliphatic rings. The molecule has 0 aromatic heterocycles. The first-order valence-electron chi connectivity index (χ1n) is 5.35. The van der Waals surface area contributed by atoms with E-state index in [-0.39, 0.29) is 10.8 Å². The molecule has 0 saturated heterocycles. The zero-order chi connectivity index (χ0) is 12.9. The van der Waals surface area contributed by atoms with Gasteiger partial charge in [-0.25, -0.2) is 8.42 Å². The molecule has 3 rings (SSSR count). The summed E-state index contributed by atoms with van der Waals surface area (Å²) in [6.07, 6.45) is 0. The third kappa shape index (κ3) is 1.46. The second kappa shape index (κ2) is 3.46. The molecule has 92 valence electrons. The lowest BCUT2D eigenvalue weighted by Gasteiger charge is -2.07. The fourth-order valence-corrected chi connectivity index (χ4v) is 3.50. The summed E-state index contributed by atoms with van der Waals surface area (Å²) in [5.41, 5.74) is 1.16. The first-order valence-corrected chi connectivity index (χ1v) is 6.83. The Hall–Kier alpha value is -2.08. The summed E-state index contributed by atoms with van der Waals surface area (Å²) in [4.78, 5) is 11.4. The standard InChI is InChI=1S/C12H10N2O3S/c1-7(15)13-9-5-6-10-12-8(9)3-2-4-11(12)18(16,17)14-10/h2-6,14H,1H3,(H,13,15). The summed E-state index contributed by atoms with van der Waals surface area (Å²) in [5.74, 6) is -0.190. The van der Waals surface area contributed by atoms with Crippen LogP contribution in [0.3, 0.4) is 0 Å². The average Bonchev–Trinajstić information content (AvgIpc) is 2.56. The van der Waals surface area contributed by atoms with Crippen LogP contribution in [0.5, 0.6) is 0 Å². The van der Waals surface area contributed by atoms with Crippen molar-refractivity contribution in [3.05, 3.63) is 30.3 Å². The van der Waals surface area contributed by atoms with Crippen LogP contribution in [0.15, 0.2) is 35.2 Å². The second-order valence-electron chi connectivity index (χ2n) is 4.13. The van der Waals surface area contributed by atoms with Gasteiger partial charge >= 0.3 is 0 Å². The van der Waals surface area contributed by atoms with Crippen LogP contribution in [0.4, 0.5) is 11.4 Å². The predicted molar refractivity (Wildman–Crippen MR) is 69.1 cm³/mol. The number of benzene rings is 2. The lowest BCUT2D eigenvalue weighted by atomic mass is 10.1. The Labute approximate surface area is 104 Å². The summed E-state index contributed by atoms with van der Waals surface area (Å²) in [6, 6.07) is 8.35. The van der Waals surface area contributed by atoms with Crippen molar-refractivity contribution in [1.29, 1.82) is 0 Å². The highest BCUT2D eigenvalue weighted by Crippen LogP contribution is 2.40. The minimum absolute atomic E-state index is 0.190. The van der Waals surface area contributed by atoms with Gasteiger partial charge in [-0.2, -0.15) is 0 Å². The molecule has 0 bridgehead atoms. The zero-order valence-corrected chi connectivity index (χ0v) is 10.3. The Morgan fingerprint density at radius 2 is 2.00 bits per heavy atom. The number of sulfonamides is 1. The van der Waals surface area contributed by atoms with Gasteiger partial charge in [0, 0.05) is 23.4 Å². The van der Waals surface area contributed by atoms with Crippen LogP contribution in [0.1, 0.15) is 6.92 Å². The number of nitrogens with one attached hydrogen (secondary N) is 2. The molecule has 2 aromatic carbocycles. The number of hydrogen-bond donors (Lipinski definition) is 2. The maximum atomic E-state index is 11.9. The molecule has 0 unspecified atom stereocenters. The van der Waals surface area contributed by atoms with Crippen molar-refractivity contribution in [2.45, 2.75) is 11.8 Å². The fraction of sp³-hybridized carbons (Fsp3) is 0.0833. The number of carbonyl (C=O) groups excluding carboxylic acids is 1. The van der Waals surface area contributed by atoms with E-state index in [4.69, 9.17) is 0 Å². The lowest BCUT2D eigenvalue weighted by molar-refractivity contribution is -0.114. The van der Waals surface area contributed by atoms with Gasteiger partial charge in [0.25, 0.3) is 10.0 Å². The van der Waals surface area contributed by atoms with Crippen LogP contribution < -0.4 is 10.0 Å². The Kier molecular flexibility index (Phi) is 2.12.